The van der Waals surface area contributed by atoms with E-state index in [1.165, 1.54) is 18.0 Å². The number of Topliss-reactive ketones (excluding diaryl/α,β-unsaturated/α-hetero) is 1. The third-order valence-electron chi connectivity index (χ3n) is 3.42. The van der Waals surface area contributed by atoms with Crippen LogP contribution < -0.4 is 4.74 Å². The highest BCUT2D eigenvalue weighted by molar-refractivity contribution is 5.91. The second kappa shape index (κ2) is 8.25. The van der Waals surface area contributed by atoms with Crippen LogP contribution in [0.25, 0.3) is 0 Å². The molecule has 1 aromatic carbocycles. The van der Waals surface area contributed by atoms with Crippen molar-refractivity contribution in [2.75, 3.05) is 7.11 Å². The standard InChI is InChI=1S/C17H21NO3/c1-20-15-9-6-8-14(13-15)7-4-2-3-5-10-16(19)17-18-11-12-21-17/h6,8-9,11-13H,2-5,7,10H2,1H3. The largest absolute Gasteiger partial charge is 0.497 e. The number of aryl methyl sites for hydroxylation is 1. The van der Waals surface area contributed by atoms with E-state index in [0.29, 0.717) is 6.42 Å². The molecule has 2 rings (SSSR count). The van der Waals surface area contributed by atoms with Gasteiger partial charge in [-0.05, 0) is 37.0 Å². The van der Waals surface area contributed by atoms with Crippen molar-refractivity contribution in [2.24, 2.45) is 0 Å². The van der Waals surface area contributed by atoms with E-state index in [0.717, 1.165) is 37.9 Å². The molecule has 0 saturated carbocycles. The molecule has 1 aromatic heterocycles. The summed E-state index contributed by atoms with van der Waals surface area (Å²) in [6.45, 7) is 0. The van der Waals surface area contributed by atoms with Gasteiger partial charge in [0.05, 0.1) is 13.3 Å². The van der Waals surface area contributed by atoms with Crippen molar-refractivity contribution < 1.29 is 13.9 Å². The average molecular weight is 287 g/mol. The molecule has 0 atom stereocenters. The van der Waals surface area contributed by atoms with Gasteiger partial charge in [-0.1, -0.05) is 25.0 Å². The molecule has 0 bridgehead atoms. The zero-order chi connectivity index (χ0) is 14.9. The molecule has 0 aliphatic carbocycles. The summed E-state index contributed by atoms with van der Waals surface area (Å²) in [5, 5.41) is 0. The average Bonchev–Trinajstić information content (AvgIpc) is 3.05. The molecule has 1 heterocycles. The quantitative estimate of drug-likeness (QED) is 0.515. The second-order valence-electron chi connectivity index (χ2n) is 5.03. The lowest BCUT2D eigenvalue weighted by Gasteiger charge is -2.04. The Morgan fingerprint density at radius 2 is 2.10 bits per heavy atom. The number of nitrogens with zero attached hydrogens (tertiary/aromatic N) is 1. The molecule has 21 heavy (non-hydrogen) atoms. The Kier molecular flexibility index (Phi) is 6.00. The number of ether oxygens (including phenoxy) is 1. The topological polar surface area (TPSA) is 52.3 Å². The Bertz CT molecular complexity index is 549. The summed E-state index contributed by atoms with van der Waals surface area (Å²) in [5.74, 6) is 1.13. The maximum atomic E-state index is 11.7. The van der Waals surface area contributed by atoms with Crippen LogP contribution in [0.3, 0.4) is 0 Å². The molecule has 4 heteroatoms. The first-order chi connectivity index (χ1) is 10.3. The number of hydrogen-bond acceptors (Lipinski definition) is 4. The number of carbonyl (C=O) groups excluding carboxylic acids is 1. The Morgan fingerprint density at radius 3 is 2.86 bits per heavy atom. The zero-order valence-corrected chi connectivity index (χ0v) is 12.4. The van der Waals surface area contributed by atoms with E-state index < -0.39 is 0 Å². The number of hydrogen-bond donors (Lipinski definition) is 0. The molecule has 0 amide bonds. The van der Waals surface area contributed by atoms with Crippen molar-refractivity contribution in [1.29, 1.82) is 0 Å². The lowest BCUT2D eigenvalue weighted by molar-refractivity contribution is 0.0945. The number of ketones is 1. The van der Waals surface area contributed by atoms with Crippen molar-refractivity contribution in [3.63, 3.8) is 0 Å². The molecular formula is C17H21NO3. The van der Waals surface area contributed by atoms with Gasteiger partial charge >= 0.3 is 0 Å². The van der Waals surface area contributed by atoms with Crippen LogP contribution in [-0.4, -0.2) is 17.9 Å². The molecular weight excluding hydrogens is 266 g/mol. The molecule has 4 nitrogen and oxygen atoms in total. The number of methoxy groups -OCH3 is 1. The lowest BCUT2D eigenvalue weighted by Crippen LogP contribution is -1.99. The zero-order valence-electron chi connectivity index (χ0n) is 12.4. The van der Waals surface area contributed by atoms with Crippen LogP contribution in [0.4, 0.5) is 0 Å². The summed E-state index contributed by atoms with van der Waals surface area (Å²) in [7, 11) is 1.68. The predicted molar refractivity (Wildman–Crippen MR) is 80.6 cm³/mol. The van der Waals surface area contributed by atoms with Crippen LogP contribution in [0.15, 0.2) is 41.1 Å². The van der Waals surface area contributed by atoms with Crippen molar-refractivity contribution in [3.8, 4) is 5.75 Å². The maximum absolute atomic E-state index is 11.7. The predicted octanol–water partition coefficient (Wildman–Crippen LogP) is 4.06. The summed E-state index contributed by atoms with van der Waals surface area (Å²) in [6.07, 6.45) is 8.68. The molecule has 0 saturated heterocycles. The molecule has 0 aliphatic rings. The number of unbranched alkanes of at least 4 members (excludes halogenated alkanes) is 3. The molecule has 2 aromatic rings. The van der Waals surface area contributed by atoms with E-state index in [1.54, 1.807) is 7.11 Å². The van der Waals surface area contributed by atoms with Gasteiger partial charge in [0, 0.05) is 6.42 Å². The molecule has 0 fully saturated rings. The molecule has 0 spiro atoms. The highest BCUT2D eigenvalue weighted by atomic mass is 16.5. The van der Waals surface area contributed by atoms with Crippen LogP contribution >= 0.6 is 0 Å². The van der Waals surface area contributed by atoms with Gasteiger partial charge in [-0.2, -0.15) is 0 Å². The van der Waals surface area contributed by atoms with Crippen molar-refractivity contribution in [3.05, 3.63) is 48.2 Å². The van der Waals surface area contributed by atoms with Crippen LogP contribution in [0.2, 0.25) is 0 Å². The van der Waals surface area contributed by atoms with E-state index in [-0.39, 0.29) is 11.7 Å². The van der Waals surface area contributed by atoms with Gasteiger partial charge in [-0.25, -0.2) is 4.98 Å². The van der Waals surface area contributed by atoms with Crippen molar-refractivity contribution >= 4 is 5.78 Å². The van der Waals surface area contributed by atoms with Gasteiger partial charge in [0.1, 0.15) is 12.0 Å². The SMILES string of the molecule is COc1cccc(CCCCCCC(=O)c2ncco2)c1. The van der Waals surface area contributed by atoms with Crippen LogP contribution in [0, 0.1) is 0 Å². The Labute approximate surface area is 125 Å². The number of rotatable bonds is 9. The van der Waals surface area contributed by atoms with E-state index in [1.807, 2.05) is 12.1 Å². The molecule has 0 radical (unpaired) electrons. The first-order valence-corrected chi connectivity index (χ1v) is 7.35. The van der Waals surface area contributed by atoms with Gasteiger partial charge in [0.15, 0.2) is 0 Å². The van der Waals surface area contributed by atoms with Gasteiger partial charge < -0.3 is 9.15 Å². The number of aromatic nitrogens is 1. The third-order valence-corrected chi connectivity index (χ3v) is 3.42. The third kappa shape index (κ3) is 5.06. The van der Waals surface area contributed by atoms with Crippen LogP contribution in [0.5, 0.6) is 5.75 Å². The summed E-state index contributed by atoms with van der Waals surface area (Å²) in [6, 6.07) is 8.17. The fraction of sp³-hybridized carbons (Fsp3) is 0.412. The highest BCUT2D eigenvalue weighted by Gasteiger charge is 2.09. The molecule has 0 unspecified atom stereocenters. The minimum atomic E-state index is -0.00667. The van der Waals surface area contributed by atoms with Gasteiger partial charge in [-0.15, -0.1) is 0 Å². The maximum Gasteiger partial charge on any atom is 0.263 e. The van der Waals surface area contributed by atoms with E-state index in [9.17, 15) is 4.79 Å². The smallest absolute Gasteiger partial charge is 0.263 e. The van der Waals surface area contributed by atoms with Gasteiger partial charge in [-0.3, -0.25) is 4.79 Å². The van der Waals surface area contributed by atoms with E-state index in [2.05, 4.69) is 17.1 Å². The minimum Gasteiger partial charge on any atom is -0.497 e. The molecule has 0 N–H and O–H groups in total. The highest BCUT2D eigenvalue weighted by Crippen LogP contribution is 2.15. The lowest BCUT2D eigenvalue weighted by atomic mass is 10.0. The fourth-order valence-electron chi connectivity index (χ4n) is 2.26. The number of carbonyl (C=O) groups is 1. The van der Waals surface area contributed by atoms with Crippen molar-refractivity contribution in [1.82, 2.24) is 4.98 Å². The Balaban J connectivity index is 1.58. The summed E-state index contributed by atoms with van der Waals surface area (Å²) in [5.41, 5.74) is 1.30. The number of oxazole rings is 1. The minimum absolute atomic E-state index is 0.00667. The summed E-state index contributed by atoms with van der Waals surface area (Å²) < 4.78 is 10.2. The monoisotopic (exact) mass is 287 g/mol. The summed E-state index contributed by atoms with van der Waals surface area (Å²) >= 11 is 0. The van der Waals surface area contributed by atoms with E-state index in [4.69, 9.17) is 9.15 Å². The van der Waals surface area contributed by atoms with Crippen LogP contribution in [0.1, 0.15) is 48.4 Å². The fourth-order valence-corrected chi connectivity index (χ4v) is 2.26. The Morgan fingerprint density at radius 1 is 1.24 bits per heavy atom. The molecule has 112 valence electrons. The normalized spacial score (nSPS) is 10.5. The van der Waals surface area contributed by atoms with Gasteiger partial charge in [0.2, 0.25) is 5.78 Å². The van der Waals surface area contributed by atoms with Crippen molar-refractivity contribution in [2.45, 2.75) is 38.5 Å². The first kappa shape index (κ1) is 15.3. The van der Waals surface area contributed by atoms with Crippen LogP contribution in [-0.2, 0) is 6.42 Å². The second-order valence-corrected chi connectivity index (χ2v) is 5.03. The summed E-state index contributed by atoms with van der Waals surface area (Å²) in [4.78, 5) is 15.5. The number of benzene rings is 1. The Hall–Kier alpha value is -2.10. The van der Waals surface area contributed by atoms with E-state index >= 15 is 0 Å². The molecule has 0 aliphatic heterocycles. The van der Waals surface area contributed by atoms with Gasteiger partial charge in [0.25, 0.3) is 5.89 Å². The first-order valence-electron chi connectivity index (χ1n) is 7.35.